The van der Waals surface area contributed by atoms with Gasteiger partial charge in [-0.1, -0.05) is 12.8 Å². The Kier molecular flexibility index (Phi) is 3.77. The van der Waals surface area contributed by atoms with E-state index in [0.717, 1.165) is 30.2 Å². The van der Waals surface area contributed by atoms with E-state index >= 15 is 0 Å². The molecule has 0 aromatic carbocycles. The molecule has 2 aliphatic carbocycles. The molecule has 5 rings (SSSR count). The van der Waals surface area contributed by atoms with Gasteiger partial charge in [0.1, 0.15) is 0 Å². The molecule has 24 heavy (non-hydrogen) atoms. The Labute approximate surface area is 143 Å². The average Bonchev–Trinajstić information content (AvgIpc) is 3.34. The zero-order chi connectivity index (χ0) is 15.9. The van der Waals surface area contributed by atoms with Gasteiger partial charge in [-0.2, -0.15) is 9.61 Å². The molecule has 2 fully saturated rings. The highest BCUT2D eigenvalue weighted by atomic mass is 15.4. The quantitative estimate of drug-likeness (QED) is 0.870. The first kappa shape index (κ1) is 14.8. The summed E-state index contributed by atoms with van der Waals surface area (Å²) in [7, 11) is 0. The minimum Gasteiger partial charge on any atom is -0.303 e. The van der Waals surface area contributed by atoms with Crippen molar-refractivity contribution < 1.29 is 0 Å². The van der Waals surface area contributed by atoms with Gasteiger partial charge in [0.15, 0.2) is 11.5 Å². The van der Waals surface area contributed by atoms with Gasteiger partial charge in [0.2, 0.25) is 0 Å². The number of hydrogen-bond acceptors (Lipinski definition) is 4. The van der Waals surface area contributed by atoms with Crippen LogP contribution in [0.25, 0.3) is 5.65 Å². The van der Waals surface area contributed by atoms with Crippen molar-refractivity contribution in [3.63, 3.8) is 0 Å². The van der Waals surface area contributed by atoms with Crippen molar-refractivity contribution >= 4 is 5.65 Å². The highest BCUT2D eigenvalue weighted by Crippen LogP contribution is 2.31. The molecule has 0 bridgehead atoms. The van der Waals surface area contributed by atoms with Gasteiger partial charge in [-0.25, -0.2) is 0 Å². The molecule has 3 aliphatic rings. The lowest BCUT2D eigenvalue weighted by molar-refractivity contribution is 0.180. The number of likely N-dealkylation sites (tertiary alicyclic amines) is 1. The van der Waals surface area contributed by atoms with Crippen LogP contribution in [-0.2, 0) is 12.8 Å². The largest absolute Gasteiger partial charge is 0.303 e. The number of aryl methyl sites for hydroxylation is 2. The second-order valence-electron chi connectivity index (χ2n) is 8.02. The van der Waals surface area contributed by atoms with Gasteiger partial charge in [-0.3, -0.25) is 0 Å². The summed E-state index contributed by atoms with van der Waals surface area (Å²) in [5.74, 6) is 2.58. The van der Waals surface area contributed by atoms with Crippen LogP contribution in [0.1, 0.15) is 67.9 Å². The molecule has 5 heteroatoms. The number of rotatable bonds is 3. The van der Waals surface area contributed by atoms with Crippen LogP contribution in [0.3, 0.4) is 0 Å². The molecule has 128 valence electrons. The summed E-state index contributed by atoms with van der Waals surface area (Å²) in [6.45, 7) is 3.74. The fourth-order valence-corrected chi connectivity index (χ4v) is 4.98. The summed E-state index contributed by atoms with van der Waals surface area (Å²) in [6.07, 6.45) is 11.7. The van der Waals surface area contributed by atoms with Gasteiger partial charge in [0.25, 0.3) is 0 Å². The van der Waals surface area contributed by atoms with Gasteiger partial charge >= 0.3 is 0 Å². The molecule has 1 saturated heterocycles. The molecule has 1 aliphatic heterocycles. The molecule has 2 aromatic heterocycles. The van der Waals surface area contributed by atoms with Crippen LogP contribution in [0.15, 0.2) is 6.07 Å². The number of fused-ring (bicyclic) bond motifs is 2. The summed E-state index contributed by atoms with van der Waals surface area (Å²) in [5, 5.41) is 13.8. The predicted octanol–water partition coefficient (Wildman–Crippen LogP) is 2.98. The smallest absolute Gasteiger partial charge is 0.178 e. The minimum atomic E-state index is 0.520. The maximum absolute atomic E-state index is 4.87. The molecule has 0 atom stereocenters. The summed E-state index contributed by atoms with van der Waals surface area (Å²) < 4.78 is 2.04. The molecule has 0 spiro atoms. The van der Waals surface area contributed by atoms with E-state index in [-0.39, 0.29) is 0 Å². The summed E-state index contributed by atoms with van der Waals surface area (Å²) >= 11 is 0. The van der Waals surface area contributed by atoms with Crippen molar-refractivity contribution in [1.82, 2.24) is 24.7 Å². The first-order chi connectivity index (χ1) is 11.9. The van der Waals surface area contributed by atoms with Gasteiger partial charge in [0, 0.05) is 12.5 Å². The average molecular weight is 325 g/mol. The third-order valence-corrected chi connectivity index (χ3v) is 6.39. The molecule has 3 heterocycles. The van der Waals surface area contributed by atoms with Crippen LogP contribution in [0, 0.1) is 5.92 Å². The Hall–Kier alpha value is -1.49. The van der Waals surface area contributed by atoms with E-state index in [0.29, 0.717) is 5.92 Å². The third kappa shape index (κ3) is 2.63. The van der Waals surface area contributed by atoms with Crippen molar-refractivity contribution in [2.24, 2.45) is 5.92 Å². The zero-order valence-electron chi connectivity index (χ0n) is 14.5. The number of piperidine rings is 1. The molecule has 5 nitrogen and oxygen atoms in total. The molecule has 2 aromatic rings. The van der Waals surface area contributed by atoms with E-state index in [1.54, 1.807) is 0 Å². The molecule has 0 amide bonds. The summed E-state index contributed by atoms with van der Waals surface area (Å²) in [6, 6.07) is 2.21. The Morgan fingerprint density at radius 2 is 1.79 bits per heavy atom. The van der Waals surface area contributed by atoms with Crippen LogP contribution in [0.2, 0.25) is 0 Å². The van der Waals surface area contributed by atoms with Gasteiger partial charge < -0.3 is 4.90 Å². The van der Waals surface area contributed by atoms with Crippen LogP contribution in [-0.4, -0.2) is 44.3 Å². The highest BCUT2D eigenvalue weighted by Gasteiger charge is 2.27. The van der Waals surface area contributed by atoms with Crippen molar-refractivity contribution in [1.29, 1.82) is 0 Å². The van der Waals surface area contributed by atoms with Crippen LogP contribution in [0.4, 0.5) is 0 Å². The second-order valence-corrected chi connectivity index (χ2v) is 8.02. The highest BCUT2D eigenvalue weighted by molar-refractivity contribution is 5.43. The fourth-order valence-electron chi connectivity index (χ4n) is 4.98. The predicted molar refractivity (Wildman–Crippen MR) is 93.2 cm³/mol. The van der Waals surface area contributed by atoms with E-state index in [1.165, 1.54) is 75.8 Å². The van der Waals surface area contributed by atoms with Crippen molar-refractivity contribution in [2.75, 3.05) is 19.6 Å². The lowest BCUT2D eigenvalue weighted by Crippen LogP contribution is -2.36. The van der Waals surface area contributed by atoms with Gasteiger partial charge in [-0.05, 0) is 75.6 Å². The zero-order valence-corrected chi connectivity index (χ0v) is 14.5. The van der Waals surface area contributed by atoms with Crippen molar-refractivity contribution in [3.05, 3.63) is 23.1 Å². The third-order valence-electron chi connectivity index (χ3n) is 6.39. The lowest BCUT2D eigenvalue weighted by atomic mass is 9.95. The molecular weight excluding hydrogens is 298 g/mol. The van der Waals surface area contributed by atoms with Crippen LogP contribution >= 0.6 is 0 Å². The topological polar surface area (TPSA) is 46.3 Å². The standard InChI is InChI=1S/C19H27N5/c1-2-5-14(4-1)13-23-10-8-15(9-11-23)19-21-20-18-12-16-6-3-7-17(16)22-24(18)19/h12,14-15H,1-11,13H2. The maximum atomic E-state index is 4.87. The molecule has 1 saturated carbocycles. The Morgan fingerprint density at radius 3 is 2.62 bits per heavy atom. The molecular formula is C19H27N5. The minimum absolute atomic E-state index is 0.520. The summed E-state index contributed by atoms with van der Waals surface area (Å²) in [4.78, 5) is 2.68. The number of hydrogen-bond donors (Lipinski definition) is 0. The van der Waals surface area contributed by atoms with Crippen molar-refractivity contribution in [3.8, 4) is 0 Å². The molecule has 0 N–H and O–H groups in total. The van der Waals surface area contributed by atoms with E-state index in [1.807, 2.05) is 4.52 Å². The van der Waals surface area contributed by atoms with E-state index < -0.39 is 0 Å². The molecule has 0 unspecified atom stereocenters. The van der Waals surface area contributed by atoms with Gasteiger partial charge in [-0.15, -0.1) is 10.2 Å². The first-order valence-electron chi connectivity index (χ1n) is 9.83. The number of nitrogens with zero attached hydrogens (tertiary/aromatic N) is 5. The SMILES string of the molecule is c1c2c(nn3c(C4CCN(CC5CCCC5)CC4)nnc13)CCC2. The first-order valence-corrected chi connectivity index (χ1v) is 9.83. The normalized spacial score (nSPS) is 23.3. The second kappa shape index (κ2) is 6.10. The van der Waals surface area contributed by atoms with E-state index in [9.17, 15) is 0 Å². The Bertz CT molecular complexity index is 723. The fraction of sp³-hybridized carbons (Fsp3) is 0.737. The van der Waals surface area contributed by atoms with Gasteiger partial charge in [0.05, 0.1) is 5.69 Å². The van der Waals surface area contributed by atoms with Crippen LogP contribution < -0.4 is 0 Å². The molecule has 0 radical (unpaired) electrons. The Balaban J connectivity index is 1.30. The lowest BCUT2D eigenvalue weighted by Gasteiger charge is -2.32. The summed E-state index contributed by atoms with van der Waals surface area (Å²) in [5.41, 5.74) is 3.59. The Morgan fingerprint density at radius 1 is 0.958 bits per heavy atom. The monoisotopic (exact) mass is 325 g/mol. The van der Waals surface area contributed by atoms with E-state index in [2.05, 4.69) is 21.2 Å². The van der Waals surface area contributed by atoms with E-state index in [4.69, 9.17) is 5.10 Å². The maximum Gasteiger partial charge on any atom is 0.178 e. The van der Waals surface area contributed by atoms with Crippen molar-refractivity contribution in [2.45, 2.75) is 63.7 Å². The number of aromatic nitrogens is 4. The van der Waals surface area contributed by atoms with Crippen LogP contribution in [0.5, 0.6) is 0 Å².